The predicted molar refractivity (Wildman–Crippen MR) is 77.6 cm³/mol. The molecule has 110 valence electrons. The molecule has 7 heteroatoms. The number of anilines is 2. The molecule has 1 aromatic carbocycles. The molecule has 1 aromatic heterocycles. The van der Waals surface area contributed by atoms with Crippen LogP contribution in [-0.2, 0) is 6.54 Å². The van der Waals surface area contributed by atoms with Crippen LogP contribution in [0.25, 0.3) is 0 Å². The fraction of sp³-hybridized carbons (Fsp3) is 0.286. The summed E-state index contributed by atoms with van der Waals surface area (Å²) in [5.74, 6) is 0.891. The average Bonchev–Trinajstić information content (AvgIpc) is 3.04. The lowest BCUT2D eigenvalue weighted by Crippen LogP contribution is -2.18. The monoisotopic (exact) mass is 288 g/mol. The molecule has 1 amide bonds. The smallest absolute Gasteiger partial charge is 0.274 e. The molecule has 0 saturated carbocycles. The van der Waals surface area contributed by atoms with Crippen molar-refractivity contribution in [3.05, 3.63) is 29.6 Å². The first-order valence-corrected chi connectivity index (χ1v) is 6.63. The van der Waals surface area contributed by atoms with Gasteiger partial charge < -0.3 is 20.5 Å². The first-order chi connectivity index (χ1) is 10.1. The highest BCUT2D eigenvalue weighted by Gasteiger charge is 2.19. The number of ether oxygens (including phenoxy) is 2. The number of nitrogens with two attached hydrogens (primary N) is 1. The SMILES string of the molecule is CCn1nc(C)cc1C(=O)Nc1cc2c(cc1N)OCO2. The van der Waals surface area contributed by atoms with Crippen molar-refractivity contribution in [1.29, 1.82) is 0 Å². The van der Waals surface area contributed by atoms with E-state index in [1.807, 2.05) is 13.8 Å². The number of nitrogen functional groups attached to an aromatic ring is 1. The lowest BCUT2D eigenvalue weighted by atomic mass is 10.2. The third-order valence-corrected chi connectivity index (χ3v) is 3.23. The molecule has 0 bridgehead atoms. The van der Waals surface area contributed by atoms with E-state index in [9.17, 15) is 4.79 Å². The van der Waals surface area contributed by atoms with Gasteiger partial charge in [0.2, 0.25) is 6.79 Å². The Hall–Kier alpha value is -2.70. The van der Waals surface area contributed by atoms with Gasteiger partial charge in [-0.25, -0.2) is 0 Å². The van der Waals surface area contributed by atoms with E-state index in [0.717, 1.165) is 5.69 Å². The molecule has 3 rings (SSSR count). The Morgan fingerprint density at radius 3 is 2.81 bits per heavy atom. The number of carbonyl (C=O) groups is 1. The van der Waals surface area contributed by atoms with Gasteiger partial charge in [0.15, 0.2) is 11.5 Å². The van der Waals surface area contributed by atoms with E-state index in [4.69, 9.17) is 15.2 Å². The van der Waals surface area contributed by atoms with Crippen molar-refractivity contribution in [2.45, 2.75) is 20.4 Å². The Morgan fingerprint density at radius 1 is 1.38 bits per heavy atom. The topological polar surface area (TPSA) is 91.4 Å². The van der Waals surface area contributed by atoms with E-state index in [-0.39, 0.29) is 12.7 Å². The van der Waals surface area contributed by atoms with Gasteiger partial charge in [0.1, 0.15) is 5.69 Å². The number of nitrogens with zero attached hydrogens (tertiary/aromatic N) is 2. The van der Waals surface area contributed by atoms with Crippen LogP contribution in [0, 0.1) is 6.92 Å². The summed E-state index contributed by atoms with van der Waals surface area (Å²) in [4.78, 5) is 12.4. The van der Waals surface area contributed by atoms with Crippen LogP contribution in [0.5, 0.6) is 11.5 Å². The molecule has 7 nitrogen and oxygen atoms in total. The molecule has 2 aromatic rings. The zero-order valence-electron chi connectivity index (χ0n) is 11.8. The van der Waals surface area contributed by atoms with Crippen LogP contribution in [0.15, 0.2) is 18.2 Å². The second-order valence-electron chi connectivity index (χ2n) is 4.73. The summed E-state index contributed by atoms with van der Waals surface area (Å²) in [5.41, 5.74) is 8.12. The van der Waals surface area contributed by atoms with Gasteiger partial charge >= 0.3 is 0 Å². The molecule has 0 unspecified atom stereocenters. The highest BCUT2D eigenvalue weighted by atomic mass is 16.7. The summed E-state index contributed by atoms with van der Waals surface area (Å²) in [7, 11) is 0. The molecule has 0 spiro atoms. The maximum atomic E-state index is 12.4. The van der Waals surface area contributed by atoms with Gasteiger partial charge in [0.05, 0.1) is 17.1 Å². The van der Waals surface area contributed by atoms with E-state index in [1.165, 1.54) is 0 Å². The first kappa shape index (κ1) is 13.3. The number of aromatic nitrogens is 2. The second kappa shape index (κ2) is 5.01. The second-order valence-corrected chi connectivity index (χ2v) is 4.73. The van der Waals surface area contributed by atoms with Crippen LogP contribution >= 0.6 is 0 Å². The molecular weight excluding hydrogens is 272 g/mol. The minimum absolute atomic E-state index is 0.161. The average molecular weight is 288 g/mol. The molecule has 1 aliphatic rings. The minimum atomic E-state index is -0.261. The number of rotatable bonds is 3. The molecule has 3 N–H and O–H groups in total. The zero-order chi connectivity index (χ0) is 15.0. The molecule has 1 aliphatic heterocycles. The molecular formula is C14H16N4O3. The Morgan fingerprint density at radius 2 is 2.10 bits per heavy atom. The molecule has 21 heavy (non-hydrogen) atoms. The van der Waals surface area contributed by atoms with Crippen molar-refractivity contribution in [3.63, 3.8) is 0 Å². The van der Waals surface area contributed by atoms with E-state index in [0.29, 0.717) is 35.1 Å². The molecule has 0 fully saturated rings. The fourth-order valence-corrected chi connectivity index (χ4v) is 2.22. The predicted octanol–water partition coefficient (Wildman–Crippen LogP) is 1.77. The Balaban J connectivity index is 1.88. The van der Waals surface area contributed by atoms with E-state index < -0.39 is 0 Å². The van der Waals surface area contributed by atoms with Crippen molar-refractivity contribution in [3.8, 4) is 11.5 Å². The van der Waals surface area contributed by atoms with Crippen LogP contribution < -0.4 is 20.5 Å². The number of fused-ring (bicyclic) bond motifs is 1. The van der Waals surface area contributed by atoms with Gasteiger partial charge in [-0.15, -0.1) is 0 Å². The number of benzene rings is 1. The van der Waals surface area contributed by atoms with Gasteiger partial charge in [-0.05, 0) is 19.9 Å². The number of aryl methyl sites for hydroxylation is 2. The zero-order valence-corrected chi connectivity index (χ0v) is 11.8. The van der Waals surface area contributed by atoms with E-state index in [1.54, 1.807) is 22.9 Å². The number of hydrogen-bond donors (Lipinski definition) is 2. The van der Waals surface area contributed by atoms with Crippen LogP contribution in [0.2, 0.25) is 0 Å². The van der Waals surface area contributed by atoms with E-state index >= 15 is 0 Å². The summed E-state index contributed by atoms with van der Waals surface area (Å²) < 4.78 is 12.2. The minimum Gasteiger partial charge on any atom is -0.454 e. The van der Waals surface area contributed by atoms with Gasteiger partial charge in [0, 0.05) is 18.7 Å². The maximum absolute atomic E-state index is 12.4. The molecule has 0 radical (unpaired) electrons. The third-order valence-electron chi connectivity index (χ3n) is 3.23. The third kappa shape index (κ3) is 2.37. The van der Waals surface area contributed by atoms with Crippen molar-refractivity contribution in [1.82, 2.24) is 9.78 Å². The number of carbonyl (C=O) groups excluding carboxylic acids is 1. The van der Waals surface area contributed by atoms with Crippen molar-refractivity contribution in [2.24, 2.45) is 0 Å². The quantitative estimate of drug-likeness (QED) is 0.840. The first-order valence-electron chi connectivity index (χ1n) is 6.63. The van der Waals surface area contributed by atoms with Crippen LogP contribution in [0.1, 0.15) is 23.1 Å². The Kier molecular flexibility index (Phi) is 3.17. The highest BCUT2D eigenvalue weighted by molar-refractivity contribution is 6.05. The van der Waals surface area contributed by atoms with E-state index in [2.05, 4.69) is 10.4 Å². The van der Waals surface area contributed by atoms with Crippen LogP contribution in [0.4, 0.5) is 11.4 Å². The molecule has 0 atom stereocenters. The molecule has 2 heterocycles. The van der Waals surface area contributed by atoms with Gasteiger partial charge in [-0.2, -0.15) is 5.10 Å². The normalized spacial score (nSPS) is 12.5. The largest absolute Gasteiger partial charge is 0.454 e. The highest BCUT2D eigenvalue weighted by Crippen LogP contribution is 2.38. The molecule has 0 saturated heterocycles. The number of hydrogen-bond acceptors (Lipinski definition) is 5. The maximum Gasteiger partial charge on any atom is 0.274 e. The summed E-state index contributed by atoms with van der Waals surface area (Å²) in [6, 6.07) is 5.04. The summed E-state index contributed by atoms with van der Waals surface area (Å²) >= 11 is 0. The van der Waals surface area contributed by atoms with Gasteiger partial charge in [-0.3, -0.25) is 9.48 Å². The van der Waals surface area contributed by atoms with Crippen LogP contribution in [0.3, 0.4) is 0 Å². The fourth-order valence-electron chi connectivity index (χ4n) is 2.22. The lowest BCUT2D eigenvalue weighted by Gasteiger charge is -2.10. The number of amides is 1. The summed E-state index contributed by atoms with van der Waals surface area (Å²) in [5, 5.41) is 7.04. The van der Waals surface area contributed by atoms with Gasteiger partial charge in [0.25, 0.3) is 5.91 Å². The van der Waals surface area contributed by atoms with Crippen LogP contribution in [-0.4, -0.2) is 22.5 Å². The summed E-state index contributed by atoms with van der Waals surface area (Å²) in [6.07, 6.45) is 0. The van der Waals surface area contributed by atoms with Gasteiger partial charge in [-0.1, -0.05) is 0 Å². The van der Waals surface area contributed by atoms with Crippen molar-refractivity contribution in [2.75, 3.05) is 17.8 Å². The standard InChI is InChI=1S/C14H16N4O3/c1-3-18-11(4-8(2)17-18)14(19)16-10-6-13-12(5-9(10)15)20-7-21-13/h4-6H,3,7,15H2,1-2H3,(H,16,19). The number of nitrogens with one attached hydrogen (secondary N) is 1. The van der Waals surface area contributed by atoms with Crippen molar-refractivity contribution >= 4 is 17.3 Å². The lowest BCUT2D eigenvalue weighted by molar-refractivity contribution is 0.101. The summed E-state index contributed by atoms with van der Waals surface area (Å²) in [6.45, 7) is 4.55. The Bertz CT molecular complexity index is 708. The molecule has 0 aliphatic carbocycles. The van der Waals surface area contributed by atoms with Crippen molar-refractivity contribution < 1.29 is 14.3 Å². The Labute approximate surface area is 121 Å².